The number of hydrogen-bond acceptors (Lipinski definition) is 7. The first-order chi connectivity index (χ1) is 21.2. The van der Waals surface area contributed by atoms with Gasteiger partial charge in [0.15, 0.2) is 17.1 Å². The summed E-state index contributed by atoms with van der Waals surface area (Å²) in [7, 11) is 0. The smallest absolute Gasteiger partial charge is 0.418 e. The molecule has 6 rings (SSSR count). The van der Waals surface area contributed by atoms with Gasteiger partial charge in [-0.3, -0.25) is 4.57 Å². The van der Waals surface area contributed by atoms with Crippen LogP contribution in [0.4, 0.5) is 4.79 Å². The van der Waals surface area contributed by atoms with Gasteiger partial charge < -0.3 is 24.1 Å². The third kappa shape index (κ3) is 5.94. The Morgan fingerprint density at radius 3 is 2.23 bits per heavy atom. The molecule has 2 aromatic heterocycles. The van der Waals surface area contributed by atoms with Crippen molar-refractivity contribution in [3.8, 4) is 28.6 Å². The Bertz CT molecular complexity index is 1840. The number of fused-ring (bicyclic) bond motifs is 4. The topological polar surface area (TPSA) is 109 Å². The van der Waals surface area contributed by atoms with E-state index >= 15 is 0 Å². The summed E-state index contributed by atoms with van der Waals surface area (Å²) in [5.41, 5.74) is 3.55. The Morgan fingerprint density at radius 2 is 1.59 bits per heavy atom. The molecule has 1 aliphatic rings. The number of pyridine rings is 1. The number of carbonyl (C=O) groups is 2. The molecule has 44 heavy (non-hydrogen) atoms. The molecule has 0 unspecified atom stereocenters. The van der Waals surface area contributed by atoms with Gasteiger partial charge in [0.2, 0.25) is 5.88 Å². The lowest BCUT2D eigenvalue weighted by molar-refractivity contribution is 0.0543. The fourth-order valence-electron chi connectivity index (χ4n) is 5.12. The molecule has 0 saturated carbocycles. The highest BCUT2D eigenvalue weighted by atomic mass is 16.6. The summed E-state index contributed by atoms with van der Waals surface area (Å²) in [5, 5.41) is 11.2. The molecule has 0 aliphatic carbocycles. The molecule has 0 radical (unpaired) electrons. The van der Waals surface area contributed by atoms with Crippen molar-refractivity contribution in [2.24, 2.45) is 0 Å². The van der Waals surface area contributed by atoms with Crippen LogP contribution in [0.15, 0.2) is 85.1 Å². The molecule has 0 spiro atoms. The van der Waals surface area contributed by atoms with Crippen molar-refractivity contribution < 1.29 is 33.6 Å². The summed E-state index contributed by atoms with van der Waals surface area (Å²) >= 11 is 0. The molecular weight excluding hydrogens is 560 g/mol. The van der Waals surface area contributed by atoms with Crippen LogP contribution < -0.4 is 14.2 Å². The molecule has 9 nitrogen and oxygen atoms in total. The molecule has 1 N–H and O–H groups in total. The Labute approximate surface area is 254 Å². The molecule has 3 heterocycles. The van der Waals surface area contributed by atoms with Crippen molar-refractivity contribution in [3.63, 3.8) is 0 Å². The maximum absolute atomic E-state index is 13.0. The predicted octanol–water partition coefficient (Wildman–Crippen LogP) is 7.28. The molecule has 9 heteroatoms. The SMILES string of the molecule is CC(C)(C)OC(=O)n1ccc2cc3c(cc21)CCOc1c-3nc(OCc2ccccc2)c(C(=O)O)c1OCc1ccccc1. The first-order valence-corrected chi connectivity index (χ1v) is 14.3. The van der Waals surface area contributed by atoms with Crippen LogP contribution in [0.3, 0.4) is 0 Å². The number of aromatic nitrogens is 2. The van der Waals surface area contributed by atoms with Crippen molar-refractivity contribution in [2.75, 3.05) is 6.61 Å². The van der Waals surface area contributed by atoms with E-state index in [1.54, 1.807) is 6.20 Å². The quantitative estimate of drug-likeness (QED) is 0.210. The normalized spacial score (nSPS) is 12.4. The van der Waals surface area contributed by atoms with E-state index in [9.17, 15) is 14.7 Å². The molecular formula is C35H32N2O7. The number of carbonyl (C=O) groups excluding carboxylic acids is 1. The molecule has 224 valence electrons. The number of nitrogens with zero attached hydrogens (tertiary/aromatic N) is 2. The lowest BCUT2D eigenvalue weighted by atomic mass is 9.99. The van der Waals surface area contributed by atoms with Gasteiger partial charge in [0.05, 0.1) is 12.1 Å². The van der Waals surface area contributed by atoms with E-state index in [-0.39, 0.29) is 42.8 Å². The molecule has 1 aliphatic heterocycles. The number of ether oxygens (including phenoxy) is 4. The van der Waals surface area contributed by atoms with Crippen molar-refractivity contribution >= 4 is 23.0 Å². The van der Waals surface area contributed by atoms with Gasteiger partial charge in [0, 0.05) is 23.6 Å². The van der Waals surface area contributed by atoms with Gasteiger partial charge in [-0.25, -0.2) is 14.6 Å². The van der Waals surface area contributed by atoms with Crippen molar-refractivity contribution in [1.29, 1.82) is 0 Å². The van der Waals surface area contributed by atoms with E-state index in [0.717, 1.165) is 27.6 Å². The third-order valence-electron chi connectivity index (χ3n) is 7.11. The molecule has 0 fully saturated rings. The molecule has 0 amide bonds. The van der Waals surface area contributed by atoms with Crippen LogP contribution in [-0.2, 0) is 24.4 Å². The molecule has 0 atom stereocenters. The zero-order chi connectivity index (χ0) is 30.8. The summed E-state index contributed by atoms with van der Waals surface area (Å²) < 4.78 is 25.6. The van der Waals surface area contributed by atoms with Crippen LogP contribution in [-0.4, -0.2) is 38.9 Å². The average molecular weight is 593 g/mol. The van der Waals surface area contributed by atoms with Crippen molar-refractivity contribution in [3.05, 3.63) is 107 Å². The van der Waals surface area contributed by atoms with Crippen molar-refractivity contribution in [1.82, 2.24) is 9.55 Å². The number of carboxylic acid groups (broad SMARTS) is 1. The second-order valence-corrected chi connectivity index (χ2v) is 11.5. The number of benzene rings is 3. The van der Waals surface area contributed by atoms with Crippen LogP contribution in [0.2, 0.25) is 0 Å². The lowest BCUT2D eigenvalue weighted by Crippen LogP contribution is -2.26. The van der Waals surface area contributed by atoms with E-state index in [2.05, 4.69) is 0 Å². The van der Waals surface area contributed by atoms with Crippen molar-refractivity contribution in [2.45, 2.75) is 46.0 Å². The summed E-state index contributed by atoms with van der Waals surface area (Å²) in [5.74, 6) is -1.04. The second kappa shape index (κ2) is 11.8. The van der Waals surface area contributed by atoms with Gasteiger partial charge in [-0.05, 0) is 55.7 Å². The standard InChI is InChI=1S/C35H32N2O7/c1-35(2,3)44-34(40)37-16-14-25-18-26-24(19-27(25)37)15-17-41-31-29(26)36-32(43-21-23-12-8-5-9-13-23)28(33(38)39)30(31)42-20-22-10-6-4-7-11-22/h4-14,16,18-19H,15,17,20-21H2,1-3H3,(H,38,39). The fourth-order valence-corrected chi connectivity index (χ4v) is 5.12. The van der Waals surface area contributed by atoms with Gasteiger partial charge in [0.25, 0.3) is 0 Å². The number of aromatic carboxylic acids is 1. The first-order valence-electron chi connectivity index (χ1n) is 14.3. The predicted molar refractivity (Wildman–Crippen MR) is 165 cm³/mol. The van der Waals surface area contributed by atoms with Crippen LogP contribution in [0.5, 0.6) is 17.4 Å². The molecule has 0 bridgehead atoms. The van der Waals surface area contributed by atoms with Gasteiger partial charge >= 0.3 is 12.1 Å². The Morgan fingerprint density at radius 1 is 0.932 bits per heavy atom. The molecule has 0 saturated heterocycles. The van der Waals surface area contributed by atoms with Gasteiger partial charge in [-0.15, -0.1) is 0 Å². The Kier molecular flexibility index (Phi) is 7.69. The Balaban J connectivity index is 1.49. The minimum absolute atomic E-state index is 0.0497. The third-order valence-corrected chi connectivity index (χ3v) is 7.11. The second-order valence-electron chi connectivity index (χ2n) is 11.5. The minimum Gasteiger partial charge on any atom is -0.487 e. The van der Waals surface area contributed by atoms with Crippen LogP contribution >= 0.6 is 0 Å². The van der Waals surface area contributed by atoms with Crippen LogP contribution in [0.25, 0.3) is 22.2 Å². The maximum Gasteiger partial charge on any atom is 0.418 e. The zero-order valence-electron chi connectivity index (χ0n) is 24.7. The first kappa shape index (κ1) is 28.8. The summed E-state index contributed by atoms with van der Waals surface area (Å²) in [6.45, 7) is 5.93. The van der Waals surface area contributed by atoms with E-state index in [4.69, 9.17) is 23.9 Å². The van der Waals surface area contributed by atoms with Gasteiger partial charge in [-0.1, -0.05) is 60.7 Å². The van der Waals surface area contributed by atoms with Crippen LogP contribution in [0.1, 0.15) is 47.8 Å². The molecule has 5 aromatic rings. The minimum atomic E-state index is -1.25. The highest BCUT2D eigenvalue weighted by Gasteiger charge is 2.32. The lowest BCUT2D eigenvalue weighted by Gasteiger charge is -2.20. The number of hydrogen-bond donors (Lipinski definition) is 1. The highest BCUT2D eigenvalue weighted by Crippen LogP contribution is 2.47. The number of rotatable bonds is 7. The zero-order valence-corrected chi connectivity index (χ0v) is 24.7. The van der Waals surface area contributed by atoms with E-state index in [1.165, 1.54) is 4.57 Å². The number of carboxylic acids is 1. The maximum atomic E-state index is 13.0. The van der Waals surface area contributed by atoms with E-state index < -0.39 is 17.7 Å². The fraction of sp³-hybridized carbons (Fsp3) is 0.229. The monoisotopic (exact) mass is 592 g/mol. The van der Waals surface area contributed by atoms with Crippen LogP contribution in [0, 0.1) is 0 Å². The molecule has 3 aromatic carbocycles. The summed E-state index contributed by atoms with van der Waals surface area (Å²) in [4.78, 5) is 30.4. The van der Waals surface area contributed by atoms with Gasteiger partial charge in [0.1, 0.15) is 24.5 Å². The average Bonchev–Trinajstić information content (AvgIpc) is 3.33. The highest BCUT2D eigenvalue weighted by molar-refractivity contribution is 5.98. The van der Waals surface area contributed by atoms with E-state index in [0.29, 0.717) is 17.6 Å². The Hall–Kier alpha value is -5.31. The largest absolute Gasteiger partial charge is 0.487 e. The summed E-state index contributed by atoms with van der Waals surface area (Å²) in [6, 6.07) is 24.6. The summed E-state index contributed by atoms with van der Waals surface area (Å²) in [6.07, 6.45) is 1.69. The van der Waals surface area contributed by atoms with E-state index in [1.807, 2.05) is 99.6 Å². The van der Waals surface area contributed by atoms with Gasteiger partial charge in [-0.2, -0.15) is 0 Å².